The van der Waals surface area contributed by atoms with Gasteiger partial charge in [0.1, 0.15) is 0 Å². The van der Waals surface area contributed by atoms with Gasteiger partial charge in [0.05, 0.1) is 6.21 Å². The Kier molecular flexibility index (Phi) is 5.44. The van der Waals surface area contributed by atoms with Crippen molar-refractivity contribution < 1.29 is 4.79 Å². The number of nitrogens with zero attached hydrogens (tertiary/aromatic N) is 2. The summed E-state index contributed by atoms with van der Waals surface area (Å²) in [4.78, 5) is 14.2. The number of hydrogen-bond donors (Lipinski definition) is 1. The maximum Gasteiger partial charge on any atom is 0.271 e. The first-order chi connectivity index (χ1) is 12.6. The molecule has 0 heterocycles. The third-order valence-corrected chi connectivity index (χ3v) is 4.04. The van der Waals surface area contributed by atoms with Gasteiger partial charge < -0.3 is 4.90 Å². The van der Waals surface area contributed by atoms with E-state index in [2.05, 4.69) is 10.5 Å². The molecular weight excluding hydrogens is 322 g/mol. The van der Waals surface area contributed by atoms with Gasteiger partial charge >= 0.3 is 0 Å². The fourth-order valence-electron chi connectivity index (χ4n) is 2.53. The molecule has 0 aliphatic carbocycles. The summed E-state index contributed by atoms with van der Waals surface area (Å²) in [5, 5.41) is 4.03. The summed E-state index contributed by atoms with van der Waals surface area (Å²) >= 11 is 0. The molecule has 0 saturated heterocycles. The monoisotopic (exact) mass is 343 g/mol. The van der Waals surface area contributed by atoms with Crippen molar-refractivity contribution in [3.05, 3.63) is 90.0 Å². The van der Waals surface area contributed by atoms with E-state index in [1.54, 1.807) is 18.3 Å². The summed E-state index contributed by atoms with van der Waals surface area (Å²) < 4.78 is 0. The molecular formula is C22H21N3O. The molecule has 0 unspecified atom stereocenters. The van der Waals surface area contributed by atoms with Crippen LogP contribution in [0.25, 0.3) is 11.1 Å². The van der Waals surface area contributed by atoms with Crippen LogP contribution in [0.5, 0.6) is 0 Å². The first-order valence-corrected chi connectivity index (χ1v) is 8.40. The van der Waals surface area contributed by atoms with Crippen LogP contribution in [0.15, 0.2) is 84.0 Å². The van der Waals surface area contributed by atoms with Crippen LogP contribution in [0.2, 0.25) is 0 Å². The third kappa shape index (κ3) is 4.36. The van der Waals surface area contributed by atoms with E-state index in [0.29, 0.717) is 5.56 Å². The Bertz CT molecular complexity index is 883. The zero-order chi connectivity index (χ0) is 18.4. The topological polar surface area (TPSA) is 44.7 Å². The lowest BCUT2D eigenvalue weighted by Gasteiger charge is -2.11. The number of carbonyl (C=O) groups excluding carboxylic acids is 1. The number of hydrogen-bond acceptors (Lipinski definition) is 3. The van der Waals surface area contributed by atoms with Gasteiger partial charge in [-0.3, -0.25) is 4.79 Å². The molecule has 3 rings (SSSR count). The van der Waals surface area contributed by atoms with Crippen LogP contribution < -0.4 is 10.3 Å². The predicted octanol–water partition coefficient (Wildman–Crippen LogP) is 4.18. The van der Waals surface area contributed by atoms with Gasteiger partial charge in [-0.1, -0.05) is 54.6 Å². The molecule has 3 aromatic carbocycles. The number of carbonyl (C=O) groups is 1. The Balaban J connectivity index is 1.61. The van der Waals surface area contributed by atoms with Gasteiger partial charge in [-0.2, -0.15) is 5.10 Å². The van der Waals surface area contributed by atoms with Crippen molar-refractivity contribution in [2.75, 3.05) is 19.0 Å². The average molecular weight is 343 g/mol. The molecule has 3 aromatic rings. The predicted molar refractivity (Wildman–Crippen MR) is 108 cm³/mol. The Morgan fingerprint density at radius 1 is 0.846 bits per heavy atom. The van der Waals surface area contributed by atoms with Crippen molar-refractivity contribution in [3.63, 3.8) is 0 Å². The normalized spacial score (nSPS) is 10.7. The zero-order valence-corrected chi connectivity index (χ0v) is 14.9. The van der Waals surface area contributed by atoms with E-state index in [1.807, 2.05) is 85.7 Å². The van der Waals surface area contributed by atoms with Crippen molar-refractivity contribution in [2.45, 2.75) is 0 Å². The molecule has 130 valence electrons. The van der Waals surface area contributed by atoms with Gasteiger partial charge in [-0.15, -0.1) is 0 Å². The molecule has 4 nitrogen and oxygen atoms in total. The third-order valence-electron chi connectivity index (χ3n) is 4.04. The van der Waals surface area contributed by atoms with E-state index in [4.69, 9.17) is 0 Å². The van der Waals surface area contributed by atoms with Crippen molar-refractivity contribution in [1.82, 2.24) is 5.43 Å². The minimum absolute atomic E-state index is 0.231. The van der Waals surface area contributed by atoms with E-state index in [-0.39, 0.29) is 5.91 Å². The zero-order valence-electron chi connectivity index (χ0n) is 14.9. The van der Waals surface area contributed by atoms with Crippen LogP contribution in [0.4, 0.5) is 5.69 Å². The summed E-state index contributed by atoms with van der Waals surface area (Å²) in [5.41, 5.74) is 7.38. The minimum atomic E-state index is -0.231. The van der Waals surface area contributed by atoms with Gasteiger partial charge in [0.25, 0.3) is 5.91 Å². The van der Waals surface area contributed by atoms with Gasteiger partial charge in [0, 0.05) is 25.3 Å². The molecule has 0 saturated carbocycles. The molecule has 0 atom stereocenters. The number of nitrogens with one attached hydrogen (secondary N) is 1. The molecule has 0 aliphatic heterocycles. The number of rotatable bonds is 5. The molecule has 26 heavy (non-hydrogen) atoms. The largest absolute Gasteiger partial charge is 0.378 e. The highest BCUT2D eigenvalue weighted by atomic mass is 16.2. The van der Waals surface area contributed by atoms with Gasteiger partial charge in [-0.05, 0) is 41.0 Å². The molecule has 1 N–H and O–H groups in total. The van der Waals surface area contributed by atoms with Gasteiger partial charge in [-0.25, -0.2) is 5.43 Å². The molecule has 1 amide bonds. The molecule has 0 aromatic heterocycles. The highest BCUT2D eigenvalue weighted by molar-refractivity contribution is 5.95. The van der Waals surface area contributed by atoms with Crippen molar-refractivity contribution >= 4 is 17.8 Å². The van der Waals surface area contributed by atoms with Crippen LogP contribution in [-0.4, -0.2) is 26.2 Å². The van der Waals surface area contributed by atoms with E-state index < -0.39 is 0 Å². The first kappa shape index (κ1) is 17.4. The van der Waals surface area contributed by atoms with Crippen LogP contribution in [0, 0.1) is 0 Å². The Labute approximate surface area is 153 Å². The maximum absolute atomic E-state index is 12.2. The van der Waals surface area contributed by atoms with Crippen molar-refractivity contribution in [1.29, 1.82) is 0 Å². The number of anilines is 1. The lowest BCUT2D eigenvalue weighted by atomic mass is 10.0. The van der Waals surface area contributed by atoms with E-state index in [9.17, 15) is 4.79 Å². The van der Waals surface area contributed by atoms with Crippen LogP contribution in [0.3, 0.4) is 0 Å². The Morgan fingerprint density at radius 2 is 1.46 bits per heavy atom. The minimum Gasteiger partial charge on any atom is -0.378 e. The molecule has 0 spiro atoms. The van der Waals surface area contributed by atoms with Crippen LogP contribution in [0.1, 0.15) is 15.9 Å². The standard InChI is InChI=1S/C22H21N3O/c1-25(2)21-14-8-17(9-15-21)16-23-24-22(26)20-12-10-19(11-13-20)18-6-4-3-5-7-18/h3-16H,1-2H3,(H,24,26). The number of hydrazone groups is 1. The molecule has 4 heteroatoms. The molecule has 0 aliphatic rings. The fraction of sp³-hybridized carbons (Fsp3) is 0.0909. The lowest BCUT2D eigenvalue weighted by Crippen LogP contribution is -2.17. The van der Waals surface area contributed by atoms with E-state index >= 15 is 0 Å². The smallest absolute Gasteiger partial charge is 0.271 e. The fourth-order valence-corrected chi connectivity index (χ4v) is 2.53. The SMILES string of the molecule is CN(C)c1ccc(C=NNC(=O)c2ccc(-c3ccccc3)cc2)cc1. The van der Waals surface area contributed by atoms with E-state index in [0.717, 1.165) is 22.4 Å². The average Bonchev–Trinajstić information content (AvgIpc) is 2.69. The summed E-state index contributed by atoms with van der Waals surface area (Å²) in [6, 6.07) is 25.5. The second kappa shape index (κ2) is 8.12. The van der Waals surface area contributed by atoms with Crippen molar-refractivity contribution in [2.24, 2.45) is 5.10 Å². The number of benzene rings is 3. The lowest BCUT2D eigenvalue weighted by molar-refractivity contribution is 0.0955. The first-order valence-electron chi connectivity index (χ1n) is 8.40. The van der Waals surface area contributed by atoms with Gasteiger partial charge in [0.2, 0.25) is 0 Å². The maximum atomic E-state index is 12.2. The van der Waals surface area contributed by atoms with E-state index in [1.165, 1.54) is 0 Å². The number of amides is 1. The molecule has 0 fully saturated rings. The second-order valence-corrected chi connectivity index (χ2v) is 6.13. The Hall–Kier alpha value is -3.40. The van der Waals surface area contributed by atoms with Crippen molar-refractivity contribution in [3.8, 4) is 11.1 Å². The second-order valence-electron chi connectivity index (χ2n) is 6.13. The Morgan fingerprint density at radius 3 is 2.08 bits per heavy atom. The highest BCUT2D eigenvalue weighted by Crippen LogP contribution is 2.19. The quantitative estimate of drug-likeness (QED) is 0.558. The van der Waals surface area contributed by atoms with Crippen LogP contribution in [-0.2, 0) is 0 Å². The molecule has 0 bridgehead atoms. The summed E-state index contributed by atoms with van der Waals surface area (Å²) in [6.45, 7) is 0. The molecule has 0 radical (unpaired) electrons. The highest BCUT2D eigenvalue weighted by Gasteiger charge is 2.04. The summed E-state index contributed by atoms with van der Waals surface area (Å²) in [7, 11) is 3.98. The van der Waals surface area contributed by atoms with Gasteiger partial charge in [0.15, 0.2) is 0 Å². The van der Waals surface area contributed by atoms with Crippen LogP contribution >= 0.6 is 0 Å². The summed E-state index contributed by atoms with van der Waals surface area (Å²) in [6.07, 6.45) is 1.63. The summed E-state index contributed by atoms with van der Waals surface area (Å²) in [5.74, 6) is -0.231.